The van der Waals surface area contributed by atoms with Crippen molar-refractivity contribution in [2.75, 3.05) is 25.0 Å². The number of halogens is 1. The highest BCUT2D eigenvalue weighted by molar-refractivity contribution is 6.02. The largest absolute Gasteiger partial charge is 0.370 e. The van der Waals surface area contributed by atoms with Gasteiger partial charge in [0.15, 0.2) is 0 Å². The fourth-order valence-corrected chi connectivity index (χ4v) is 4.76. The van der Waals surface area contributed by atoms with Crippen LogP contribution in [0.3, 0.4) is 0 Å². The van der Waals surface area contributed by atoms with Crippen LogP contribution in [-0.4, -0.2) is 41.8 Å². The molecule has 0 aliphatic carbocycles. The van der Waals surface area contributed by atoms with Crippen LogP contribution >= 0.6 is 0 Å². The van der Waals surface area contributed by atoms with E-state index in [4.69, 9.17) is 4.74 Å². The fraction of sp³-hybridized carbons (Fsp3) is 0.409. The van der Waals surface area contributed by atoms with E-state index in [0.717, 1.165) is 43.6 Å². The number of amides is 1. The summed E-state index contributed by atoms with van der Waals surface area (Å²) >= 11 is 0. The summed E-state index contributed by atoms with van der Waals surface area (Å²) in [5, 5.41) is 6.65. The summed E-state index contributed by atoms with van der Waals surface area (Å²) in [7, 11) is 0. The van der Waals surface area contributed by atoms with Crippen molar-refractivity contribution in [2.45, 2.75) is 37.1 Å². The highest BCUT2D eigenvalue weighted by Crippen LogP contribution is 2.43. The Labute approximate surface area is 163 Å². The minimum atomic E-state index is -0.543. The van der Waals surface area contributed by atoms with Crippen molar-refractivity contribution in [3.8, 4) is 0 Å². The number of carbonyl (C=O) groups excluding carboxylic acids is 1. The number of likely N-dealkylation sites (tertiary alicyclic amines) is 1. The van der Waals surface area contributed by atoms with Gasteiger partial charge in [-0.1, -0.05) is 30.3 Å². The molecule has 2 fully saturated rings. The molecule has 0 bridgehead atoms. The van der Waals surface area contributed by atoms with Crippen LogP contribution in [0.5, 0.6) is 0 Å². The lowest BCUT2D eigenvalue weighted by Crippen LogP contribution is -2.59. The maximum absolute atomic E-state index is 13.9. The van der Waals surface area contributed by atoms with Gasteiger partial charge >= 0.3 is 0 Å². The molecule has 2 N–H and O–H groups in total. The lowest BCUT2D eigenvalue weighted by molar-refractivity contribution is -0.0453. The normalized spacial score (nSPS) is 26.1. The van der Waals surface area contributed by atoms with Crippen LogP contribution in [-0.2, 0) is 11.3 Å². The molecule has 0 saturated carbocycles. The van der Waals surface area contributed by atoms with E-state index in [1.54, 1.807) is 6.07 Å². The molecule has 1 unspecified atom stereocenters. The van der Waals surface area contributed by atoms with E-state index in [2.05, 4.69) is 15.5 Å². The number of benzene rings is 2. The number of carbonyl (C=O) groups is 1. The second kappa shape index (κ2) is 6.57. The molecule has 3 heterocycles. The van der Waals surface area contributed by atoms with Crippen LogP contribution in [0.4, 0.5) is 10.1 Å². The van der Waals surface area contributed by atoms with Crippen molar-refractivity contribution < 1.29 is 13.9 Å². The third-order valence-electron chi connectivity index (χ3n) is 6.27. The van der Waals surface area contributed by atoms with Crippen molar-refractivity contribution in [3.63, 3.8) is 0 Å². The first-order valence-corrected chi connectivity index (χ1v) is 9.86. The Bertz CT molecular complexity index is 910. The first-order chi connectivity index (χ1) is 13.6. The van der Waals surface area contributed by atoms with Crippen LogP contribution in [0.2, 0.25) is 0 Å². The predicted octanol–water partition coefficient (Wildman–Crippen LogP) is 3.13. The molecule has 3 aliphatic heterocycles. The lowest BCUT2D eigenvalue weighted by Gasteiger charge is -2.41. The number of para-hydroxylation sites is 1. The summed E-state index contributed by atoms with van der Waals surface area (Å²) in [4.78, 5) is 14.8. The smallest absolute Gasteiger partial charge is 0.255 e. The molecule has 5 nitrogen and oxygen atoms in total. The molecule has 2 saturated heterocycles. The monoisotopic (exact) mass is 381 g/mol. The molecule has 5 rings (SSSR count). The van der Waals surface area contributed by atoms with Crippen LogP contribution in [0.25, 0.3) is 0 Å². The van der Waals surface area contributed by atoms with Crippen LogP contribution < -0.4 is 10.6 Å². The van der Waals surface area contributed by atoms with Gasteiger partial charge in [0.2, 0.25) is 0 Å². The van der Waals surface area contributed by atoms with Gasteiger partial charge in [-0.25, -0.2) is 4.39 Å². The van der Waals surface area contributed by atoms with Gasteiger partial charge in [-0.3, -0.25) is 9.69 Å². The molecule has 2 spiro atoms. The van der Waals surface area contributed by atoms with Gasteiger partial charge in [0, 0.05) is 37.3 Å². The van der Waals surface area contributed by atoms with Gasteiger partial charge in [0.1, 0.15) is 11.5 Å². The van der Waals surface area contributed by atoms with Crippen LogP contribution in [0.15, 0.2) is 48.5 Å². The Kier molecular flexibility index (Phi) is 4.14. The highest BCUT2D eigenvalue weighted by Gasteiger charge is 2.53. The van der Waals surface area contributed by atoms with E-state index < -0.39 is 5.66 Å². The summed E-state index contributed by atoms with van der Waals surface area (Å²) in [5.41, 5.74) is 1.50. The van der Waals surface area contributed by atoms with Gasteiger partial charge in [0.05, 0.1) is 17.8 Å². The van der Waals surface area contributed by atoms with Crippen molar-refractivity contribution in [1.29, 1.82) is 0 Å². The molecular formula is C22H24FN3O2. The standard InChI is InChI=1S/C22H24FN3O2/c23-18-7-3-1-5-16(18)13-26-11-9-21(10-12-26)14-22(15-28-21)24-19-8-4-2-6-17(19)20(27)25-22/h1-8,24H,9-15H2,(H,25,27). The first-order valence-electron chi connectivity index (χ1n) is 9.86. The van der Waals surface area contributed by atoms with Crippen molar-refractivity contribution >= 4 is 11.6 Å². The molecule has 6 heteroatoms. The van der Waals surface area contributed by atoms with E-state index in [1.807, 2.05) is 36.4 Å². The Morgan fingerprint density at radius 2 is 1.79 bits per heavy atom. The molecule has 1 amide bonds. The van der Waals surface area contributed by atoms with E-state index >= 15 is 0 Å². The molecule has 28 heavy (non-hydrogen) atoms. The second-order valence-electron chi connectivity index (χ2n) is 8.22. The third-order valence-corrected chi connectivity index (χ3v) is 6.27. The molecule has 2 aromatic carbocycles. The van der Waals surface area contributed by atoms with E-state index in [0.29, 0.717) is 18.7 Å². The van der Waals surface area contributed by atoms with Gasteiger partial charge < -0.3 is 15.4 Å². The average molecular weight is 381 g/mol. The number of nitrogens with one attached hydrogen (secondary N) is 2. The highest BCUT2D eigenvalue weighted by atomic mass is 19.1. The van der Waals surface area contributed by atoms with Crippen molar-refractivity contribution in [3.05, 3.63) is 65.5 Å². The van der Waals surface area contributed by atoms with Gasteiger partial charge in [-0.2, -0.15) is 0 Å². The van der Waals surface area contributed by atoms with Gasteiger partial charge in [-0.15, -0.1) is 0 Å². The fourth-order valence-electron chi connectivity index (χ4n) is 4.76. The van der Waals surface area contributed by atoms with Crippen LogP contribution in [0, 0.1) is 5.82 Å². The molecule has 0 aromatic heterocycles. The van der Waals surface area contributed by atoms with Gasteiger partial charge in [-0.05, 0) is 31.0 Å². The third kappa shape index (κ3) is 3.06. The number of rotatable bonds is 2. The number of hydrogen-bond acceptors (Lipinski definition) is 4. The molecule has 2 aromatic rings. The zero-order valence-electron chi connectivity index (χ0n) is 15.7. The maximum Gasteiger partial charge on any atom is 0.255 e. The molecule has 3 aliphatic rings. The number of fused-ring (bicyclic) bond motifs is 1. The predicted molar refractivity (Wildman–Crippen MR) is 104 cm³/mol. The molecule has 1 atom stereocenters. The number of ether oxygens (including phenoxy) is 1. The van der Waals surface area contributed by atoms with E-state index in [-0.39, 0.29) is 17.3 Å². The first kappa shape index (κ1) is 17.6. The zero-order chi connectivity index (χ0) is 19.2. The van der Waals surface area contributed by atoms with E-state index in [9.17, 15) is 9.18 Å². The summed E-state index contributed by atoms with van der Waals surface area (Å²) in [5.74, 6) is -0.196. The van der Waals surface area contributed by atoms with Crippen LogP contribution in [0.1, 0.15) is 35.2 Å². The number of anilines is 1. The lowest BCUT2D eigenvalue weighted by atomic mass is 9.84. The Morgan fingerprint density at radius 3 is 2.61 bits per heavy atom. The minimum absolute atomic E-state index is 0.0491. The number of piperidine rings is 1. The Morgan fingerprint density at radius 1 is 1.04 bits per heavy atom. The molecular weight excluding hydrogens is 357 g/mol. The number of nitrogens with zero attached hydrogens (tertiary/aromatic N) is 1. The second-order valence-corrected chi connectivity index (χ2v) is 8.22. The summed E-state index contributed by atoms with van der Waals surface area (Å²) in [6.07, 6.45) is 2.50. The van der Waals surface area contributed by atoms with E-state index in [1.165, 1.54) is 6.07 Å². The molecule has 146 valence electrons. The topological polar surface area (TPSA) is 53.6 Å². The summed E-state index contributed by atoms with van der Waals surface area (Å²) < 4.78 is 20.2. The maximum atomic E-state index is 13.9. The zero-order valence-corrected chi connectivity index (χ0v) is 15.7. The average Bonchev–Trinajstić information content (AvgIpc) is 3.03. The van der Waals surface area contributed by atoms with Gasteiger partial charge in [0.25, 0.3) is 5.91 Å². The number of hydrogen-bond donors (Lipinski definition) is 2. The summed E-state index contributed by atoms with van der Waals surface area (Å²) in [6.45, 7) is 2.79. The Balaban J connectivity index is 1.26. The summed E-state index contributed by atoms with van der Waals surface area (Å²) in [6, 6.07) is 14.5. The van der Waals surface area contributed by atoms with Crippen molar-refractivity contribution in [2.24, 2.45) is 0 Å². The van der Waals surface area contributed by atoms with Crippen molar-refractivity contribution in [1.82, 2.24) is 10.2 Å². The molecule has 0 radical (unpaired) electrons. The quantitative estimate of drug-likeness (QED) is 0.839. The SMILES string of the molecule is O=C1NC2(COC3(CCN(Cc4ccccc4F)CC3)C2)Nc2ccccc21. The minimum Gasteiger partial charge on any atom is -0.370 e. The Hall–Kier alpha value is -2.44.